The largest absolute Gasteiger partial charge is 0.336 e. The maximum absolute atomic E-state index is 4.76. The van der Waals surface area contributed by atoms with Crippen LogP contribution in [0.3, 0.4) is 0 Å². The molecule has 4 atom stereocenters. The van der Waals surface area contributed by atoms with Gasteiger partial charge in [0.15, 0.2) is 0 Å². The highest BCUT2D eigenvalue weighted by atomic mass is 32.2. The van der Waals surface area contributed by atoms with E-state index in [1.807, 2.05) is 7.05 Å². The van der Waals surface area contributed by atoms with Crippen molar-refractivity contribution in [3.8, 4) is 0 Å². The molecular formula is C14H21N3S. The van der Waals surface area contributed by atoms with Crippen LogP contribution in [0.5, 0.6) is 0 Å². The molecule has 1 spiro atoms. The first-order chi connectivity index (χ1) is 8.53. The van der Waals surface area contributed by atoms with Crippen molar-refractivity contribution in [3.05, 3.63) is 11.6 Å². The fourth-order valence-corrected chi connectivity index (χ4v) is 5.57. The van der Waals surface area contributed by atoms with E-state index in [-0.39, 0.29) is 5.41 Å². The summed E-state index contributed by atoms with van der Waals surface area (Å²) in [6, 6.07) is 0.574. The number of fused-ring (bicyclic) bond motifs is 1. The van der Waals surface area contributed by atoms with E-state index in [2.05, 4.69) is 55.4 Å². The molecular weight excluding hydrogens is 242 g/mol. The van der Waals surface area contributed by atoms with Gasteiger partial charge in [0.05, 0.1) is 17.3 Å². The van der Waals surface area contributed by atoms with E-state index in [4.69, 9.17) is 4.99 Å². The Morgan fingerprint density at radius 3 is 2.94 bits per heavy atom. The third-order valence-electron chi connectivity index (χ3n) is 4.73. The van der Waals surface area contributed by atoms with Crippen LogP contribution >= 0.6 is 11.8 Å². The zero-order chi connectivity index (χ0) is 13.1. The Labute approximate surface area is 113 Å². The average molecular weight is 263 g/mol. The summed E-state index contributed by atoms with van der Waals surface area (Å²) in [5.74, 6) is 1.12. The highest BCUT2D eigenvalue weighted by Crippen LogP contribution is 2.66. The van der Waals surface area contributed by atoms with E-state index in [0.29, 0.717) is 16.5 Å². The first-order valence-electron chi connectivity index (χ1n) is 6.59. The molecule has 3 rings (SSSR count). The van der Waals surface area contributed by atoms with Crippen molar-refractivity contribution in [2.24, 2.45) is 15.4 Å². The van der Waals surface area contributed by atoms with Gasteiger partial charge in [-0.05, 0) is 27.7 Å². The minimum Gasteiger partial charge on any atom is -0.336 e. The number of hydrogen-bond acceptors (Lipinski definition) is 3. The molecule has 98 valence electrons. The van der Waals surface area contributed by atoms with Crippen LogP contribution in [0.1, 0.15) is 27.7 Å². The van der Waals surface area contributed by atoms with Gasteiger partial charge in [-0.3, -0.25) is 9.98 Å². The maximum atomic E-state index is 4.76. The number of nitrogens with zero attached hydrogens (tertiary/aromatic N) is 3. The molecule has 3 nitrogen and oxygen atoms in total. The molecule has 0 aromatic carbocycles. The normalized spacial score (nSPS) is 42.8. The van der Waals surface area contributed by atoms with Crippen LogP contribution in [0.25, 0.3) is 0 Å². The average Bonchev–Trinajstić information content (AvgIpc) is 3.00. The van der Waals surface area contributed by atoms with Gasteiger partial charge in [0.25, 0.3) is 0 Å². The molecule has 1 aliphatic carbocycles. The molecule has 1 fully saturated rings. The monoisotopic (exact) mass is 263 g/mol. The van der Waals surface area contributed by atoms with Crippen LogP contribution in [0.15, 0.2) is 21.6 Å². The first kappa shape index (κ1) is 12.3. The van der Waals surface area contributed by atoms with E-state index >= 15 is 0 Å². The van der Waals surface area contributed by atoms with Crippen molar-refractivity contribution < 1.29 is 0 Å². The number of amidine groups is 1. The van der Waals surface area contributed by atoms with Crippen molar-refractivity contribution in [2.45, 2.75) is 44.2 Å². The quantitative estimate of drug-likeness (QED) is 0.382. The molecule has 4 heteroatoms. The van der Waals surface area contributed by atoms with Crippen molar-refractivity contribution in [1.82, 2.24) is 4.90 Å². The zero-order valence-corrected chi connectivity index (χ0v) is 12.6. The lowest BCUT2D eigenvalue weighted by Crippen LogP contribution is -2.41. The number of aliphatic imine (C=N–C) groups is 2. The smallest absolute Gasteiger partial charge is 0.111 e. The van der Waals surface area contributed by atoms with Gasteiger partial charge in [0, 0.05) is 23.3 Å². The van der Waals surface area contributed by atoms with Crippen molar-refractivity contribution in [2.75, 3.05) is 13.7 Å². The third kappa shape index (κ3) is 1.33. The molecule has 0 aromatic rings. The third-order valence-corrected chi connectivity index (χ3v) is 6.21. The van der Waals surface area contributed by atoms with Gasteiger partial charge >= 0.3 is 0 Å². The Bertz CT molecular complexity index is 479. The molecule has 18 heavy (non-hydrogen) atoms. The molecule has 1 saturated carbocycles. The lowest BCUT2D eigenvalue weighted by atomic mass is 9.89. The van der Waals surface area contributed by atoms with Gasteiger partial charge in [-0.15, -0.1) is 11.8 Å². The van der Waals surface area contributed by atoms with Crippen LogP contribution in [-0.2, 0) is 0 Å². The fourth-order valence-electron chi connectivity index (χ4n) is 3.69. The zero-order valence-electron chi connectivity index (χ0n) is 11.8. The van der Waals surface area contributed by atoms with Crippen LogP contribution in [0.2, 0.25) is 0 Å². The van der Waals surface area contributed by atoms with Crippen molar-refractivity contribution in [3.63, 3.8) is 0 Å². The molecule has 3 unspecified atom stereocenters. The number of thioether (sulfide) groups is 1. The van der Waals surface area contributed by atoms with Crippen LogP contribution in [0.4, 0.5) is 0 Å². The molecule has 2 aliphatic heterocycles. The summed E-state index contributed by atoms with van der Waals surface area (Å²) in [5, 5.41) is 1.29. The highest BCUT2D eigenvalue weighted by molar-refractivity contribution is 8.01. The maximum Gasteiger partial charge on any atom is 0.111 e. The van der Waals surface area contributed by atoms with Gasteiger partial charge < -0.3 is 4.90 Å². The Kier molecular flexibility index (Phi) is 2.63. The minimum absolute atomic E-state index is 0.210. The standard InChI is InChI=1S/C14H21N3S/c1-8-6-9(2)18-13-12-14(8,13)10(3)16-7-17(12)11(4)15-5/h6,9,12-13H,7H2,1-5H3/b15-11-/t9?,12-,13?,14?/m0/s1. The molecule has 0 amide bonds. The van der Waals surface area contributed by atoms with Gasteiger partial charge in [0.1, 0.15) is 6.67 Å². The Morgan fingerprint density at radius 2 is 2.28 bits per heavy atom. The van der Waals surface area contributed by atoms with Crippen LogP contribution in [0, 0.1) is 5.41 Å². The van der Waals surface area contributed by atoms with E-state index in [9.17, 15) is 0 Å². The summed E-state index contributed by atoms with van der Waals surface area (Å²) in [4.78, 5) is 11.5. The summed E-state index contributed by atoms with van der Waals surface area (Å²) >= 11 is 2.10. The second-order valence-corrected chi connectivity index (χ2v) is 7.07. The van der Waals surface area contributed by atoms with Gasteiger partial charge in [-0.25, -0.2) is 0 Å². The molecule has 0 aromatic heterocycles. The summed E-state index contributed by atoms with van der Waals surface area (Å²) in [6.07, 6.45) is 2.42. The van der Waals surface area contributed by atoms with Crippen LogP contribution in [-0.4, -0.2) is 46.7 Å². The number of rotatable bonds is 0. The second-order valence-electron chi connectivity index (χ2n) is 5.55. The molecule has 2 heterocycles. The second kappa shape index (κ2) is 3.86. The first-order valence-corrected chi connectivity index (χ1v) is 7.53. The summed E-state index contributed by atoms with van der Waals surface area (Å²) in [7, 11) is 1.87. The Hall–Kier alpha value is -0.770. The van der Waals surface area contributed by atoms with Crippen molar-refractivity contribution in [1.29, 1.82) is 0 Å². The lowest BCUT2D eigenvalue weighted by molar-refractivity contribution is 0.376. The van der Waals surface area contributed by atoms with E-state index in [0.717, 1.165) is 12.5 Å². The van der Waals surface area contributed by atoms with Gasteiger partial charge in [-0.2, -0.15) is 0 Å². The SMILES string of the molecule is C/N=C(/C)N1CN=C(C)C23C(C)=CC(C)SC2[C@H]13. The van der Waals surface area contributed by atoms with Gasteiger partial charge in [0.2, 0.25) is 0 Å². The predicted molar refractivity (Wildman–Crippen MR) is 79.7 cm³/mol. The lowest BCUT2D eigenvalue weighted by Gasteiger charge is -2.32. The van der Waals surface area contributed by atoms with Crippen LogP contribution < -0.4 is 0 Å². The Morgan fingerprint density at radius 1 is 1.56 bits per heavy atom. The molecule has 3 aliphatic rings. The van der Waals surface area contributed by atoms with Gasteiger partial charge in [-0.1, -0.05) is 11.6 Å². The summed E-state index contributed by atoms with van der Waals surface area (Å²) in [5.41, 5.74) is 3.05. The fraction of sp³-hybridized carbons (Fsp3) is 0.714. The van der Waals surface area contributed by atoms with E-state index in [1.165, 1.54) is 11.3 Å². The molecule has 0 radical (unpaired) electrons. The topological polar surface area (TPSA) is 28.0 Å². The van der Waals surface area contributed by atoms with E-state index < -0.39 is 0 Å². The highest BCUT2D eigenvalue weighted by Gasteiger charge is 2.72. The van der Waals surface area contributed by atoms with Crippen molar-refractivity contribution >= 4 is 23.3 Å². The predicted octanol–water partition coefficient (Wildman–Crippen LogP) is 2.59. The molecule has 0 N–H and O–H groups in total. The number of hydrogen-bond donors (Lipinski definition) is 0. The summed E-state index contributed by atoms with van der Waals surface area (Å²) < 4.78 is 0. The molecule has 0 bridgehead atoms. The van der Waals surface area contributed by atoms with E-state index in [1.54, 1.807) is 0 Å². The minimum atomic E-state index is 0.210. The molecule has 0 saturated heterocycles. The summed E-state index contributed by atoms with van der Waals surface area (Å²) in [6.45, 7) is 9.66. The Balaban J connectivity index is 2.04.